The third kappa shape index (κ3) is 12.5. The predicted molar refractivity (Wildman–Crippen MR) is 311 cm³/mol. The Morgan fingerprint density at radius 2 is 1.71 bits per heavy atom. The summed E-state index contributed by atoms with van der Waals surface area (Å²) in [5, 5.41) is 45.2. The van der Waals surface area contributed by atoms with Crippen molar-refractivity contribution in [1.82, 2.24) is 24.4 Å². The number of allylic oxidation sites excluding steroid dienone is 2. The van der Waals surface area contributed by atoms with E-state index >= 15 is 4.39 Å². The van der Waals surface area contributed by atoms with Crippen LogP contribution in [-0.2, 0) is 25.4 Å². The number of aryl methyl sites for hydroxylation is 2. The SMILES string of the molecule is C=CC(=O)N1CCN(c2nc(=O)n(-c3c(C)ccnc3C(C)C)c3nc(-c4c(O)cccc4F)c(F)cc23)C(C)C1.COC1C(OC(N)=O)C(O)C(Oc2ccc3c(O)c(NC(=O)c4ccc(O)c(CC=C(C)C)c4)c(=O)oc3c2C)OC1(C)C. The number of phenolic OH excluding ortho intramolecular Hbond substituents is 2. The van der Waals surface area contributed by atoms with E-state index in [-0.39, 0.29) is 68.3 Å². The fraction of sp³-hybridized carbons (Fsp3) is 0.344. The van der Waals surface area contributed by atoms with Crippen molar-refractivity contribution in [3.8, 4) is 39.9 Å². The number of ether oxygens (including phenoxy) is 4. The monoisotopic (exact) mass is 1170 g/mol. The highest BCUT2D eigenvalue weighted by molar-refractivity contribution is 6.07. The number of methoxy groups -OCH3 is 1. The molecule has 7 aromatic rings. The largest absolute Gasteiger partial charge is 0.508 e. The molecule has 5 atom stereocenters. The summed E-state index contributed by atoms with van der Waals surface area (Å²) in [5.74, 6) is -3.44. The highest BCUT2D eigenvalue weighted by Crippen LogP contribution is 2.40. The van der Waals surface area contributed by atoms with Gasteiger partial charge < -0.3 is 64.6 Å². The Labute approximate surface area is 486 Å². The molecule has 0 aliphatic carbocycles. The molecule has 0 saturated carbocycles. The second-order valence-electron chi connectivity index (χ2n) is 21.6. The van der Waals surface area contributed by atoms with Crippen LogP contribution in [0, 0.1) is 25.5 Å². The van der Waals surface area contributed by atoms with Gasteiger partial charge in [-0.15, -0.1) is 0 Å². The number of aromatic hydroxyl groups is 3. The first-order chi connectivity index (χ1) is 40.2. The lowest BCUT2D eigenvalue weighted by Gasteiger charge is -2.47. The first-order valence-electron chi connectivity index (χ1n) is 27.0. The van der Waals surface area contributed by atoms with Crippen LogP contribution in [0.2, 0.25) is 0 Å². The molecular formula is C61H66F2N8O14. The number of hydrogen-bond acceptors (Lipinski definition) is 18. The van der Waals surface area contributed by atoms with Gasteiger partial charge in [0, 0.05) is 50.1 Å². The van der Waals surface area contributed by atoms with Crippen LogP contribution in [0.1, 0.15) is 87.1 Å². The first kappa shape index (κ1) is 61.8. The van der Waals surface area contributed by atoms with Gasteiger partial charge in [0.05, 0.1) is 33.3 Å². The number of phenols is 2. The van der Waals surface area contributed by atoms with E-state index in [0.717, 1.165) is 17.7 Å². The van der Waals surface area contributed by atoms with E-state index in [9.17, 15) is 48.8 Å². The van der Waals surface area contributed by atoms with Crippen LogP contribution in [0.5, 0.6) is 23.0 Å². The van der Waals surface area contributed by atoms with Crippen molar-refractivity contribution < 1.29 is 67.0 Å². The topological polar surface area (TPSA) is 304 Å². The van der Waals surface area contributed by atoms with Gasteiger partial charge >= 0.3 is 17.4 Å². The molecular weight excluding hydrogens is 1110 g/mol. The summed E-state index contributed by atoms with van der Waals surface area (Å²) in [5.41, 5.74) is 4.81. The lowest BCUT2D eigenvalue weighted by molar-refractivity contribution is -0.304. The van der Waals surface area contributed by atoms with Crippen LogP contribution >= 0.6 is 0 Å². The van der Waals surface area contributed by atoms with E-state index in [1.807, 2.05) is 52.5 Å². The van der Waals surface area contributed by atoms with Gasteiger partial charge in [0.25, 0.3) is 5.91 Å². The standard InChI is InChI=1S/C31H36N2O11.C30H30F2N6O3/c1-14(2)7-8-16-13-17(9-11-19(16)34)27(37)33-21-22(35)18-10-12-20(15(3)24(18)42-28(21)38)41-29-23(36)25(43-30(32)39)26(40-6)31(4,5)44-29;1-6-23(40)36-12-13-37(18(5)15-36)28-19-14-21(32)26(24-20(31)8-7-9-22(24)39)34-29(19)38(30(41)35-28)27-17(4)10-11-33-25(27)16(2)3/h7,9-13,23,25-26,29,34-36H,8H2,1-6H3,(H2,32,39)(H,33,37);6-11,14,16,18,39H,1,12-13,15H2,2-5H3. The lowest BCUT2D eigenvalue weighted by Crippen LogP contribution is -2.65. The third-order valence-electron chi connectivity index (χ3n) is 14.7. The zero-order chi connectivity index (χ0) is 62.1. The third-order valence-corrected chi connectivity index (χ3v) is 14.7. The van der Waals surface area contributed by atoms with E-state index in [1.54, 1.807) is 37.9 Å². The zero-order valence-electron chi connectivity index (χ0n) is 48.4. The van der Waals surface area contributed by atoms with Gasteiger partial charge in [0.1, 0.15) is 46.3 Å². The fourth-order valence-corrected chi connectivity index (χ4v) is 10.4. The number of rotatable bonds is 13. The van der Waals surface area contributed by atoms with Gasteiger partial charge in [-0.3, -0.25) is 14.6 Å². The van der Waals surface area contributed by atoms with Gasteiger partial charge in [-0.1, -0.05) is 38.1 Å². The molecule has 0 spiro atoms. The van der Waals surface area contributed by atoms with Gasteiger partial charge in [0.2, 0.25) is 12.2 Å². The maximum Gasteiger partial charge on any atom is 0.404 e. The summed E-state index contributed by atoms with van der Waals surface area (Å²) in [7, 11) is 1.37. The molecule has 22 nitrogen and oxygen atoms in total. The summed E-state index contributed by atoms with van der Waals surface area (Å²) in [6.45, 7) is 20.8. The predicted octanol–water partition coefficient (Wildman–Crippen LogP) is 8.11. The Kier molecular flexibility index (Phi) is 18.1. The molecule has 448 valence electrons. The molecule has 85 heavy (non-hydrogen) atoms. The Bertz CT molecular complexity index is 3920. The number of piperazine rings is 1. The van der Waals surface area contributed by atoms with Crippen LogP contribution in [0.4, 0.5) is 25.1 Å². The number of nitrogens with two attached hydrogens (primary N) is 1. The number of aliphatic hydroxyl groups excluding tert-OH is 1. The Balaban J connectivity index is 0.000000222. The number of benzene rings is 3. The van der Waals surface area contributed by atoms with E-state index in [0.29, 0.717) is 48.6 Å². The molecule has 7 N–H and O–H groups in total. The number of carbonyl (C=O) groups is 3. The van der Waals surface area contributed by atoms with Gasteiger partial charge in [-0.05, 0) is 133 Å². The molecule has 2 aliphatic rings. The van der Waals surface area contributed by atoms with Crippen LogP contribution in [0.25, 0.3) is 38.9 Å². The number of anilines is 2. The first-order valence-corrected chi connectivity index (χ1v) is 27.0. The maximum atomic E-state index is 15.8. The van der Waals surface area contributed by atoms with Crippen LogP contribution in [0.3, 0.4) is 0 Å². The zero-order valence-corrected chi connectivity index (χ0v) is 48.4. The van der Waals surface area contributed by atoms with Gasteiger partial charge in [0.15, 0.2) is 35.1 Å². The average Bonchev–Trinajstić information content (AvgIpc) is 1.37. The van der Waals surface area contributed by atoms with Crippen LogP contribution in [-0.4, -0.2) is 126 Å². The minimum absolute atomic E-state index is 0.0183. The van der Waals surface area contributed by atoms with E-state index in [1.165, 1.54) is 60.2 Å². The molecule has 9 rings (SSSR count). The lowest BCUT2D eigenvalue weighted by atomic mass is 9.89. The summed E-state index contributed by atoms with van der Waals surface area (Å²) < 4.78 is 59.8. The minimum Gasteiger partial charge on any atom is -0.508 e. The number of nitrogens with one attached hydrogen (secondary N) is 1. The fourth-order valence-electron chi connectivity index (χ4n) is 10.4. The number of pyridine rings is 2. The molecule has 2 aliphatic heterocycles. The number of primary amides is 1. The normalized spacial score (nSPS) is 18.4. The molecule has 5 unspecified atom stereocenters. The summed E-state index contributed by atoms with van der Waals surface area (Å²) in [6, 6.07) is 13.4. The van der Waals surface area contributed by atoms with Gasteiger partial charge in [-0.2, -0.15) is 4.98 Å². The van der Waals surface area contributed by atoms with Crippen LogP contribution < -0.4 is 32.0 Å². The maximum absolute atomic E-state index is 15.8. The molecule has 4 aromatic heterocycles. The van der Waals surface area contributed by atoms with Crippen molar-refractivity contribution in [1.29, 1.82) is 0 Å². The highest BCUT2D eigenvalue weighted by Gasteiger charge is 2.53. The minimum atomic E-state index is -1.52. The molecule has 0 bridgehead atoms. The number of hydrogen-bond donors (Lipinski definition) is 6. The van der Waals surface area contributed by atoms with Crippen molar-refractivity contribution in [2.45, 2.75) is 111 Å². The van der Waals surface area contributed by atoms with Crippen LogP contribution in [0.15, 0.2) is 105 Å². The number of aliphatic hydroxyl groups is 1. The van der Waals surface area contributed by atoms with Crippen molar-refractivity contribution in [2.24, 2.45) is 5.73 Å². The van der Waals surface area contributed by atoms with Crippen molar-refractivity contribution in [2.75, 3.05) is 37.0 Å². The smallest absolute Gasteiger partial charge is 0.404 e. The summed E-state index contributed by atoms with van der Waals surface area (Å²) in [6.07, 6.45) is -0.915. The number of halogens is 2. The molecule has 3 amide bonds. The van der Waals surface area contributed by atoms with E-state index in [2.05, 4.69) is 26.8 Å². The molecule has 3 aromatic carbocycles. The molecule has 24 heteroatoms. The second-order valence-corrected chi connectivity index (χ2v) is 21.6. The van der Waals surface area contributed by atoms with Crippen molar-refractivity contribution in [3.63, 3.8) is 0 Å². The number of amides is 3. The second kappa shape index (κ2) is 24.9. The average molecular weight is 1170 g/mol. The van der Waals surface area contributed by atoms with E-state index in [4.69, 9.17) is 29.1 Å². The molecule has 2 saturated heterocycles. The van der Waals surface area contributed by atoms with Crippen molar-refractivity contribution in [3.05, 3.63) is 152 Å². The van der Waals surface area contributed by atoms with E-state index < -0.39 is 93.6 Å². The van der Waals surface area contributed by atoms with Crippen molar-refractivity contribution >= 4 is 51.4 Å². The Morgan fingerprint density at radius 3 is 2.35 bits per heavy atom. The van der Waals surface area contributed by atoms with Gasteiger partial charge in [-0.25, -0.2) is 32.7 Å². The number of fused-ring (bicyclic) bond motifs is 2. The number of carbonyl (C=O) groups excluding carboxylic acids is 3. The summed E-state index contributed by atoms with van der Waals surface area (Å²) in [4.78, 5) is 80.5. The quantitative estimate of drug-likeness (QED) is 0.0361. The molecule has 6 heterocycles. The Morgan fingerprint density at radius 1 is 0.976 bits per heavy atom. The highest BCUT2D eigenvalue weighted by atomic mass is 19.1. The number of aromatic nitrogens is 4. The molecule has 2 fully saturated rings. The number of nitrogens with zero attached hydrogens (tertiary/aromatic N) is 6. The Hall–Kier alpha value is -9.26. The molecule has 0 radical (unpaired) electrons. The summed E-state index contributed by atoms with van der Waals surface area (Å²) >= 11 is 0.